The Morgan fingerprint density at radius 2 is 1.59 bits per heavy atom. The molecule has 3 aromatic carbocycles. The normalized spacial score (nSPS) is 10.2. The van der Waals surface area contributed by atoms with E-state index in [1.54, 1.807) is 60.7 Å². The van der Waals surface area contributed by atoms with E-state index in [4.69, 9.17) is 4.74 Å². The Kier molecular flexibility index (Phi) is 5.82. The van der Waals surface area contributed by atoms with Crippen LogP contribution in [0.5, 0.6) is 0 Å². The van der Waals surface area contributed by atoms with Gasteiger partial charge >= 0.3 is 5.97 Å². The predicted octanol–water partition coefficient (Wildman–Crippen LogP) is 3.97. The van der Waals surface area contributed by atoms with Gasteiger partial charge in [-0.1, -0.05) is 42.2 Å². The highest BCUT2D eigenvalue weighted by atomic mass is 16.5. The van der Waals surface area contributed by atoms with Crippen LogP contribution in [0.25, 0.3) is 10.9 Å². The first-order chi connectivity index (χ1) is 15.5. The number of rotatable bonds is 3. The van der Waals surface area contributed by atoms with Crippen molar-refractivity contribution in [1.29, 1.82) is 0 Å². The van der Waals surface area contributed by atoms with Crippen LogP contribution in [0.3, 0.4) is 0 Å². The third-order valence-electron chi connectivity index (χ3n) is 4.75. The van der Waals surface area contributed by atoms with Crippen molar-refractivity contribution in [2.45, 2.75) is 0 Å². The highest BCUT2D eigenvalue weighted by Crippen LogP contribution is 2.14. The van der Waals surface area contributed by atoms with Crippen molar-refractivity contribution in [2.24, 2.45) is 0 Å². The zero-order chi connectivity index (χ0) is 22.5. The number of H-pyrrole nitrogens is 1. The molecule has 0 atom stereocenters. The maximum Gasteiger partial charge on any atom is 0.337 e. The van der Waals surface area contributed by atoms with Crippen molar-refractivity contribution in [3.8, 4) is 11.8 Å². The van der Waals surface area contributed by atoms with E-state index in [9.17, 15) is 14.4 Å². The number of aromatic amines is 1. The number of carbonyl (C=O) groups is 2. The van der Waals surface area contributed by atoms with Crippen LogP contribution in [-0.2, 0) is 4.74 Å². The smallest absolute Gasteiger partial charge is 0.337 e. The lowest BCUT2D eigenvalue weighted by Crippen LogP contribution is -2.23. The molecule has 6 heteroatoms. The molecule has 6 nitrogen and oxygen atoms in total. The highest BCUT2D eigenvalue weighted by molar-refractivity contribution is 6.05. The summed E-state index contributed by atoms with van der Waals surface area (Å²) in [7, 11) is 1.33. The Morgan fingerprint density at radius 1 is 0.875 bits per heavy atom. The van der Waals surface area contributed by atoms with Crippen LogP contribution in [-0.4, -0.2) is 24.0 Å². The molecule has 0 aliphatic heterocycles. The van der Waals surface area contributed by atoms with Crippen molar-refractivity contribution >= 4 is 28.5 Å². The zero-order valence-corrected chi connectivity index (χ0v) is 17.1. The zero-order valence-electron chi connectivity index (χ0n) is 17.1. The molecule has 1 aromatic heterocycles. The van der Waals surface area contributed by atoms with Gasteiger partial charge < -0.3 is 15.0 Å². The van der Waals surface area contributed by atoms with E-state index >= 15 is 0 Å². The number of amides is 1. The molecular formula is C26H18N2O4. The molecule has 0 saturated heterocycles. The largest absolute Gasteiger partial charge is 0.465 e. The number of para-hydroxylation sites is 1. The van der Waals surface area contributed by atoms with Gasteiger partial charge in [-0.25, -0.2) is 4.79 Å². The van der Waals surface area contributed by atoms with Gasteiger partial charge in [-0.2, -0.15) is 0 Å². The van der Waals surface area contributed by atoms with Crippen LogP contribution in [0.4, 0.5) is 5.69 Å². The Balaban J connectivity index is 1.55. The summed E-state index contributed by atoms with van der Waals surface area (Å²) in [6.45, 7) is 0. The number of carbonyl (C=O) groups excluding carboxylic acids is 2. The number of hydrogen-bond acceptors (Lipinski definition) is 4. The molecule has 2 N–H and O–H groups in total. The average Bonchev–Trinajstić information content (AvgIpc) is 2.82. The number of benzene rings is 3. The maximum atomic E-state index is 12.7. The molecule has 1 amide bonds. The molecule has 0 aliphatic carbocycles. The van der Waals surface area contributed by atoms with Gasteiger partial charge in [0.2, 0.25) is 0 Å². The first kappa shape index (κ1) is 20.6. The fourth-order valence-corrected chi connectivity index (χ4v) is 3.18. The lowest BCUT2D eigenvalue weighted by molar-refractivity contribution is 0.0600. The number of anilines is 1. The van der Waals surface area contributed by atoms with Crippen LogP contribution in [0.15, 0.2) is 83.7 Å². The van der Waals surface area contributed by atoms with Crippen molar-refractivity contribution in [3.05, 3.63) is 111 Å². The molecule has 0 unspecified atom stereocenters. The monoisotopic (exact) mass is 422 g/mol. The van der Waals surface area contributed by atoms with Gasteiger partial charge in [0.15, 0.2) is 0 Å². The SMILES string of the molecule is COC(=O)c1cccc(C#Cc2cccc(NC(=O)c3cc4ccccc4[nH]c3=O)c2)c1. The van der Waals surface area contributed by atoms with E-state index in [0.29, 0.717) is 27.9 Å². The maximum absolute atomic E-state index is 12.7. The third kappa shape index (κ3) is 4.58. The number of nitrogens with one attached hydrogen (secondary N) is 2. The third-order valence-corrected chi connectivity index (χ3v) is 4.75. The Labute approximate surface area is 183 Å². The minimum absolute atomic E-state index is 0.0276. The van der Waals surface area contributed by atoms with Gasteiger partial charge in [0.05, 0.1) is 12.7 Å². The lowest BCUT2D eigenvalue weighted by Gasteiger charge is -2.06. The lowest BCUT2D eigenvalue weighted by atomic mass is 10.1. The molecule has 0 bridgehead atoms. The molecule has 156 valence electrons. The molecule has 0 saturated carbocycles. The number of fused-ring (bicyclic) bond motifs is 1. The number of ether oxygens (including phenoxy) is 1. The second-order valence-corrected chi connectivity index (χ2v) is 6.96. The molecule has 4 rings (SSSR count). The quantitative estimate of drug-likeness (QED) is 0.386. The van der Waals surface area contributed by atoms with Crippen molar-refractivity contribution < 1.29 is 14.3 Å². The number of hydrogen-bond donors (Lipinski definition) is 2. The van der Waals surface area contributed by atoms with Crippen LogP contribution in [0, 0.1) is 11.8 Å². The average molecular weight is 422 g/mol. The van der Waals surface area contributed by atoms with Gasteiger partial charge in [0.1, 0.15) is 5.56 Å². The molecule has 0 spiro atoms. The van der Waals surface area contributed by atoms with Crippen molar-refractivity contribution in [3.63, 3.8) is 0 Å². The van der Waals surface area contributed by atoms with E-state index in [2.05, 4.69) is 22.1 Å². The summed E-state index contributed by atoms with van der Waals surface area (Å²) in [5, 5.41) is 3.52. The predicted molar refractivity (Wildman–Crippen MR) is 123 cm³/mol. The summed E-state index contributed by atoms with van der Waals surface area (Å²) < 4.78 is 4.72. The Morgan fingerprint density at radius 3 is 2.38 bits per heavy atom. The summed E-state index contributed by atoms with van der Waals surface area (Å²) in [6, 6.07) is 22.6. The summed E-state index contributed by atoms with van der Waals surface area (Å²) >= 11 is 0. The number of aromatic nitrogens is 1. The van der Waals surface area contributed by atoms with Gasteiger partial charge in [0, 0.05) is 22.3 Å². The van der Waals surface area contributed by atoms with E-state index in [1.165, 1.54) is 7.11 Å². The summed E-state index contributed by atoms with van der Waals surface area (Å²) in [6.07, 6.45) is 0. The summed E-state index contributed by atoms with van der Waals surface area (Å²) in [5.74, 6) is 5.07. The fourth-order valence-electron chi connectivity index (χ4n) is 3.18. The van der Waals surface area contributed by atoms with Crippen LogP contribution in [0.1, 0.15) is 31.8 Å². The Bertz CT molecular complexity index is 1460. The van der Waals surface area contributed by atoms with E-state index in [1.807, 2.05) is 18.2 Å². The highest BCUT2D eigenvalue weighted by Gasteiger charge is 2.12. The number of pyridine rings is 1. The molecule has 0 radical (unpaired) electrons. The van der Waals surface area contributed by atoms with Crippen molar-refractivity contribution in [2.75, 3.05) is 12.4 Å². The van der Waals surface area contributed by atoms with Crippen LogP contribution in [0.2, 0.25) is 0 Å². The summed E-state index contributed by atoms with van der Waals surface area (Å²) in [4.78, 5) is 39.4. The number of esters is 1. The van der Waals surface area contributed by atoms with Crippen LogP contribution < -0.4 is 10.9 Å². The second kappa shape index (κ2) is 9.02. The van der Waals surface area contributed by atoms with Crippen LogP contribution >= 0.6 is 0 Å². The van der Waals surface area contributed by atoms with Crippen molar-refractivity contribution in [1.82, 2.24) is 4.98 Å². The van der Waals surface area contributed by atoms with Gasteiger partial charge in [-0.15, -0.1) is 0 Å². The van der Waals surface area contributed by atoms with Gasteiger partial charge in [-0.3, -0.25) is 9.59 Å². The van der Waals surface area contributed by atoms with Gasteiger partial charge in [-0.05, 0) is 53.9 Å². The molecule has 1 heterocycles. The summed E-state index contributed by atoms with van der Waals surface area (Å²) in [5.41, 5.74) is 2.49. The van der Waals surface area contributed by atoms with E-state index in [0.717, 1.165) is 5.39 Å². The molecule has 32 heavy (non-hydrogen) atoms. The Hall–Kier alpha value is -4.63. The molecular weight excluding hydrogens is 404 g/mol. The van der Waals surface area contributed by atoms with Gasteiger partial charge in [0.25, 0.3) is 11.5 Å². The van der Waals surface area contributed by atoms with E-state index in [-0.39, 0.29) is 5.56 Å². The number of methoxy groups -OCH3 is 1. The fraction of sp³-hybridized carbons (Fsp3) is 0.0385. The topological polar surface area (TPSA) is 88.3 Å². The minimum Gasteiger partial charge on any atom is -0.465 e. The molecule has 4 aromatic rings. The first-order valence-electron chi connectivity index (χ1n) is 9.77. The van der Waals surface area contributed by atoms with E-state index < -0.39 is 17.4 Å². The second-order valence-electron chi connectivity index (χ2n) is 6.96. The first-order valence-corrected chi connectivity index (χ1v) is 9.77. The molecule has 0 fully saturated rings. The minimum atomic E-state index is -0.507. The molecule has 0 aliphatic rings. The standard InChI is InChI=1S/C26H18N2O4/c1-32-26(31)20-9-4-6-17(14-20)12-13-18-7-5-10-21(15-18)27-24(29)22-16-19-8-2-3-11-23(19)28-25(22)30/h2-11,14-16H,1H3,(H,27,29)(H,28,30).